The molecule has 0 saturated carbocycles. The fourth-order valence-electron chi connectivity index (χ4n) is 2.11. The SMILES string of the molecule is O=C(O)c1ccc(-c2nc3ccc(O)cc3cc2F)cc1. The number of rotatable bonds is 2. The van der Waals surface area contributed by atoms with Crippen molar-refractivity contribution >= 4 is 16.9 Å². The Morgan fingerprint density at radius 3 is 2.43 bits per heavy atom. The standard InChI is InChI=1S/C16H10FNO3/c17-13-8-11-7-12(19)5-6-14(11)18-15(13)9-1-3-10(4-2-9)16(20)21/h1-8,19H,(H,20,21). The molecule has 0 saturated heterocycles. The van der Waals surface area contributed by atoms with Crippen molar-refractivity contribution in [2.75, 3.05) is 0 Å². The molecule has 1 heterocycles. The van der Waals surface area contributed by atoms with Crippen LogP contribution in [0.15, 0.2) is 48.5 Å². The molecule has 4 nitrogen and oxygen atoms in total. The smallest absolute Gasteiger partial charge is 0.335 e. The molecular weight excluding hydrogens is 273 g/mol. The number of aromatic hydroxyl groups is 1. The third-order valence-electron chi connectivity index (χ3n) is 3.16. The molecule has 0 amide bonds. The fourth-order valence-corrected chi connectivity index (χ4v) is 2.11. The Bertz CT molecular complexity index is 844. The van der Waals surface area contributed by atoms with E-state index in [4.69, 9.17) is 5.11 Å². The predicted molar refractivity (Wildman–Crippen MR) is 75.8 cm³/mol. The van der Waals surface area contributed by atoms with Crippen LogP contribution < -0.4 is 0 Å². The first-order valence-electron chi connectivity index (χ1n) is 6.17. The fraction of sp³-hybridized carbons (Fsp3) is 0. The highest BCUT2D eigenvalue weighted by atomic mass is 19.1. The van der Waals surface area contributed by atoms with Gasteiger partial charge >= 0.3 is 5.97 Å². The molecule has 3 rings (SSSR count). The zero-order valence-electron chi connectivity index (χ0n) is 10.7. The van der Waals surface area contributed by atoms with Gasteiger partial charge in [-0.1, -0.05) is 12.1 Å². The number of phenols is 1. The summed E-state index contributed by atoms with van der Waals surface area (Å²) >= 11 is 0. The Balaban J connectivity index is 2.13. The van der Waals surface area contributed by atoms with E-state index in [1.54, 1.807) is 6.07 Å². The van der Waals surface area contributed by atoms with E-state index in [0.717, 1.165) is 0 Å². The molecule has 0 spiro atoms. The van der Waals surface area contributed by atoms with Gasteiger partial charge in [0, 0.05) is 10.9 Å². The van der Waals surface area contributed by atoms with Gasteiger partial charge in [-0.15, -0.1) is 0 Å². The molecule has 0 aliphatic rings. The van der Waals surface area contributed by atoms with Gasteiger partial charge in [0.1, 0.15) is 17.3 Å². The number of phenolic OH excluding ortho intramolecular Hbond substituents is 1. The molecular formula is C16H10FNO3. The number of benzene rings is 2. The molecule has 21 heavy (non-hydrogen) atoms. The lowest BCUT2D eigenvalue weighted by Crippen LogP contribution is -1.96. The van der Waals surface area contributed by atoms with Crippen LogP contribution in [0.1, 0.15) is 10.4 Å². The van der Waals surface area contributed by atoms with E-state index < -0.39 is 11.8 Å². The number of halogens is 1. The van der Waals surface area contributed by atoms with Gasteiger partial charge in [0.05, 0.1) is 11.1 Å². The average Bonchev–Trinajstić information content (AvgIpc) is 2.46. The Morgan fingerprint density at radius 2 is 1.76 bits per heavy atom. The average molecular weight is 283 g/mol. The Kier molecular flexibility index (Phi) is 3.02. The van der Waals surface area contributed by atoms with Gasteiger partial charge < -0.3 is 10.2 Å². The van der Waals surface area contributed by atoms with Gasteiger partial charge in [0.25, 0.3) is 0 Å². The number of carboxylic acid groups (broad SMARTS) is 1. The Morgan fingerprint density at radius 1 is 1.05 bits per heavy atom. The highest BCUT2D eigenvalue weighted by Crippen LogP contribution is 2.26. The second-order valence-electron chi connectivity index (χ2n) is 4.58. The number of hydrogen-bond donors (Lipinski definition) is 2. The minimum absolute atomic E-state index is 0.0438. The second-order valence-corrected chi connectivity index (χ2v) is 4.58. The number of aromatic nitrogens is 1. The molecule has 0 bridgehead atoms. The molecule has 104 valence electrons. The molecule has 0 aliphatic carbocycles. The number of carboxylic acids is 1. The van der Waals surface area contributed by atoms with Gasteiger partial charge in [-0.05, 0) is 36.4 Å². The topological polar surface area (TPSA) is 70.4 Å². The summed E-state index contributed by atoms with van der Waals surface area (Å²) in [5.74, 6) is -1.53. The molecule has 5 heteroatoms. The minimum atomic E-state index is -1.04. The first-order valence-corrected chi connectivity index (χ1v) is 6.17. The Hall–Kier alpha value is -2.95. The molecule has 0 aliphatic heterocycles. The maximum atomic E-state index is 14.1. The van der Waals surface area contributed by atoms with Crippen LogP contribution in [0, 0.1) is 5.82 Å². The number of carbonyl (C=O) groups is 1. The normalized spacial score (nSPS) is 10.7. The summed E-state index contributed by atoms with van der Waals surface area (Å²) in [6.45, 7) is 0. The van der Waals surface area contributed by atoms with E-state index in [9.17, 15) is 14.3 Å². The minimum Gasteiger partial charge on any atom is -0.508 e. The summed E-state index contributed by atoms with van der Waals surface area (Å²) in [4.78, 5) is 15.0. The molecule has 0 fully saturated rings. The predicted octanol–water partition coefficient (Wildman–Crippen LogP) is 3.44. The van der Waals surface area contributed by atoms with Crippen molar-refractivity contribution in [2.45, 2.75) is 0 Å². The number of pyridine rings is 1. The van der Waals surface area contributed by atoms with Crippen LogP contribution in [-0.2, 0) is 0 Å². The number of fused-ring (bicyclic) bond motifs is 1. The van der Waals surface area contributed by atoms with Crippen molar-refractivity contribution < 1.29 is 19.4 Å². The van der Waals surface area contributed by atoms with Gasteiger partial charge in [-0.3, -0.25) is 0 Å². The largest absolute Gasteiger partial charge is 0.508 e. The summed E-state index contributed by atoms with van der Waals surface area (Å²) in [5, 5.41) is 18.7. The van der Waals surface area contributed by atoms with Crippen LogP contribution in [0.4, 0.5) is 4.39 Å². The van der Waals surface area contributed by atoms with Crippen LogP contribution >= 0.6 is 0 Å². The van der Waals surface area contributed by atoms with E-state index in [1.165, 1.54) is 42.5 Å². The molecule has 0 unspecified atom stereocenters. The Labute approximate surface area is 119 Å². The van der Waals surface area contributed by atoms with Crippen molar-refractivity contribution in [1.82, 2.24) is 4.98 Å². The number of aromatic carboxylic acids is 1. The van der Waals surface area contributed by atoms with Crippen molar-refractivity contribution in [3.8, 4) is 17.0 Å². The maximum absolute atomic E-state index is 14.1. The summed E-state index contributed by atoms with van der Waals surface area (Å²) in [7, 11) is 0. The quantitative estimate of drug-likeness (QED) is 0.755. The van der Waals surface area contributed by atoms with E-state index in [2.05, 4.69) is 4.98 Å². The van der Waals surface area contributed by atoms with Crippen molar-refractivity contribution in [1.29, 1.82) is 0 Å². The van der Waals surface area contributed by atoms with Crippen LogP contribution in [0.25, 0.3) is 22.2 Å². The molecule has 3 aromatic rings. The van der Waals surface area contributed by atoms with Gasteiger partial charge in [0.15, 0.2) is 0 Å². The van der Waals surface area contributed by atoms with Crippen molar-refractivity contribution in [3.63, 3.8) is 0 Å². The second kappa shape index (κ2) is 4.86. The number of nitrogens with zero attached hydrogens (tertiary/aromatic N) is 1. The highest BCUT2D eigenvalue weighted by Gasteiger charge is 2.10. The van der Waals surface area contributed by atoms with Crippen LogP contribution in [0.2, 0.25) is 0 Å². The molecule has 2 aromatic carbocycles. The van der Waals surface area contributed by atoms with Crippen LogP contribution in [0.5, 0.6) is 5.75 Å². The summed E-state index contributed by atoms with van der Waals surface area (Å²) in [6.07, 6.45) is 0. The lowest BCUT2D eigenvalue weighted by molar-refractivity contribution is 0.0697. The maximum Gasteiger partial charge on any atom is 0.335 e. The van der Waals surface area contributed by atoms with E-state index in [1.807, 2.05) is 0 Å². The molecule has 0 atom stereocenters. The van der Waals surface area contributed by atoms with E-state index in [0.29, 0.717) is 16.5 Å². The molecule has 2 N–H and O–H groups in total. The van der Waals surface area contributed by atoms with Gasteiger partial charge in [-0.25, -0.2) is 14.2 Å². The summed E-state index contributed by atoms with van der Waals surface area (Å²) in [5.41, 5.74) is 1.31. The van der Waals surface area contributed by atoms with Crippen LogP contribution in [-0.4, -0.2) is 21.2 Å². The first kappa shape index (κ1) is 13.1. The molecule has 0 radical (unpaired) electrons. The zero-order valence-corrected chi connectivity index (χ0v) is 10.7. The van der Waals surface area contributed by atoms with Gasteiger partial charge in [0.2, 0.25) is 0 Å². The van der Waals surface area contributed by atoms with Crippen LogP contribution in [0.3, 0.4) is 0 Å². The first-order chi connectivity index (χ1) is 10.0. The summed E-state index contributed by atoms with van der Waals surface area (Å²) < 4.78 is 14.1. The third-order valence-corrected chi connectivity index (χ3v) is 3.16. The number of hydrogen-bond acceptors (Lipinski definition) is 3. The monoisotopic (exact) mass is 283 g/mol. The van der Waals surface area contributed by atoms with E-state index >= 15 is 0 Å². The van der Waals surface area contributed by atoms with Gasteiger partial charge in [-0.2, -0.15) is 0 Å². The summed E-state index contributed by atoms with van der Waals surface area (Å²) in [6, 6.07) is 11.6. The van der Waals surface area contributed by atoms with Crippen molar-refractivity contribution in [2.24, 2.45) is 0 Å². The van der Waals surface area contributed by atoms with E-state index in [-0.39, 0.29) is 17.0 Å². The molecule has 1 aromatic heterocycles. The lowest BCUT2D eigenvalue weighted by Gasteiger charge is -2.06. The lowest BCUT2D eigenvalue weighted by atomic mass is 10.1. The highest BCUT2D eigenvalue weighted by molar-refractivity contribution is 5.88. The third kappa shape index (κ3) is 2.41. The van der Waals surface area contributed by atoms with Crippen molar-refractivity contribution in [3.05, 3.63) is 59.9 Å². The zero-order chi connectivity index (χ0) is 15.0.